The molecule has 1 rings (SSSR count). The molecule has 1 aromatic rings. The number of aldehydes is 1. The van der Waals surface area contributed by atoms with Gasteiger partial charge in [0.1, 0.15) is 6.29 Å². The second-order valence-corrected chi connectivity index (χ2v) is 3.97. The van der Waals surface area contributed by atoms with Gasteiger partial charge in [0.2, 0.25) is 0 Å². The Morgan fingerprint density at radius 2 is 2.06 bits per heavy atom. The van der Waals surface area contributed by atoms with E-state index in [-0.39, 0.29) is 6.10 Å². The SMILES string of the molecule is CC/C(=C\CC=O)C(C)OCc1ccccc1. The maximum atomic E-state index is 10.3. The van der Waals surface area contributed by atoms with E-state index < -0.39 is 0 Å². The number of benzene rings is 1. The van der Waals surface area contributed by atoms with Crippen molar-refractivity contribution in [3.63, 3.8) is 0 Å². The molecule has 1 aromatic carbocycles. The number of rotatable bonds is 7. The molecule has 1 unspecified atom stereocenters. The topological polar surface area (TPSA) is 26.3 Å². The third-order valence-corrected chi connectivity index (χ3v) is 2.75. The van der Waals surface area contributed by atoms with Crippen molar-refractivity contribution < 1.29 is 9.53 Å². The van der Waals surface area contributed by atoms with Gasteiger partial charge >= 0.3 is 0 Å². The van der Waals surface area contributed by atoms with Gasteiger partial charge in [-0.2, -0.15) is 0 Å². The van der Waals surface area contributed by atoms with Crippen LogP contribution in [0.1, 0.15) is 32.3 Å². The van der Waals surface area contributed by atoms with Crippen molar-refractivity contribution in [2.24, 2.45) is 0 Å². The van der Waals surface area contributed by atoms with Crippen LogP contribution in [0, 0.1) is 0 Å². The average molecular weight is 232 g/mol. The highest BCUT2D eigenvalue weighted by Gasteiger charge is 2.07. The van der Waals surface area contributed by atoms with Crippen LogP contribution >= 0.6 is 0 Å². The number of carbonyl (C=O) groups is 1. The number of hydrogen-bond acceptors (Lipinski definition) is 2. The van der Waals surface area contributed by atoms with Crippen molar-refractivity contribution in [3.05, 3.63) is 47.5 Å². The molecule has 17 heavy (non-hydrogen) atoms. The summed E-state index contributed by atoms with van der Waals surface area (Å²) in [5, 5.41) is 0. The van der Waals surface area contributed by atoms with Gasteiger partial charge < -0.3 is 9.53 Å². The van der Waals surface area contributed by atoms with Crippen LogP contribution in [0.15, 0.2) is 42.0 Å². The molecule has 0 N–H and O–H groups in total. The summed E-state index contributed by atoms with van der Waals surface area (Å²) in [5.74, 6) is 0. The monoisotopic (exact) mass is 232 g/mol. The third-order valence-electron chi connectivity index (χ3n) is 2.75. The molecule has 92 valence electrons. The molecular formula is C15H20O2. The quantitative estimate of drug-likeness (QED) is 0.531. The Hall–Kier alpha value is -1.41. The summed E-state index contributed by atoms with van der Waals surface area (Å²) < 4.78 is 5.79. The molecule has 0 heterocycles. The molecule has 0 saturated carbocycles. The predicted octanol–water partition coefficient (Wildman–Crippen LogP) is 3.52. The van der Waals surface area contributed by atoms with Gasteiger partial charge in [-0.1, -0.05) is 43.3 Å². The van der Waals surface area contributed by atoms with Crippen LogP contribution in [0.2, 0.25) is 0 Å². The largest absolute Gasteiger partial charge is 0.369 e. The lowest BCUT2D eigenvalue weighted by atomic mass is 10.1. The number of allylic oxidation sites excluding steroid dienone is 1. The Balaban J connectivity index is 2.47. The summed E-state index contributed by atoms with van der Waals surface area (Å²) in [4.78, 5) is 10.3. The van der Waals surface area contributed by atoms with Crippen LogP contribution in [-0.2, 0) is 16.1 Å². The van der Waals surface area contributed by atoms with E-state index in [0.717, 1.165) is 12.7 Å². The third kappa shape index (κ3) is 4.96. The summed E-state index contributed by atoms with van der Waals surface area (Å²) in [6, 6.07) is 10.1. The summed E-state index contributed by atoms with van der Waals surface area (Å²) in [6.45, 7) is 4.72. The Labute approximate surface area is 103 Å². The van der Waals surface area contributed by atoms with E-state index in [9.17, 15) is 4.79 Å². The lowest BCUT2D eigenvalue weighted by Crippen LogP contribution is -2.11. The smallest absolute Gasteiger partial charge is 0.123 e. The maximum absolute atomic E-state index is 10.3. The number of carbonyl (C=O) groups excluding carboxylic acids is 1. The summed E-state index contributed by atoms with van der Waals surface area (Å²) >= 11 is 0. The van der Waals surface area contributed by atoms with E-state index in [1.165, 1.54) is 11.1 Å². The van der Waals surface area contributed by atoms with Gasteiger partial charge in [0.05, 0.1) is 12.7 Å². The van der Waals surface area contributed by atoms with E-state index in [1.54, 1.807) is 0 Å². The molecule has 0 amide bonds. The molecule has 0 radical (unpaired) electrons. The highest BCUT2D eigenvalue weighted by Crippen LogP contribution is 2.13. The molecule has 0 saturated heterocycles. The maximum Gasteiger partial charge on any atom is 0.123 e. The van der Waals surface area contributed by atoms with Crippen molar-refractivity contribution in [2.45, 2.75) is 39.4 Å². The van der Waals surface area contributed by atoms with E-state index in [2.05, 4.69) is 6.92 Å². The molecule has 2 nitrogen and oxygen atoms in total. The first-order valence-electron chi connectivity index (χ1n) is 6.06. The summed E-state index contributed by atoms with van der Waals surface area (Å²) in [5.41, 5.74) is 2.36. The first-order chi connectivity index (χ1) is 8.27. The Kier molecular flexibility index (Phi) is 6.26. The number of ether oxygens (including phenoxy) is 1. The van der Waals surface area contributed by atoms with Crippen molar-refractivity contribution in [3.8, 4) is 0 Å². The van der Waals surface area contributed by atoms with E-state index in [1.807, 2.05) is 43.3 Å². The molecule has 0 bridgehead atoms. The highest BCUT2D eigenvalue weighted by atomic mass is 16.5. The van der Waals surface area contributed by atoms with Gasteiger partial charge in [-0.15, -0.1) is 0 Å². The van der Waals surface area contributed by atoms with Crippen LogP contribution < -0.4 is 0 Å². The zero-order chi connectivity index (χ0) is 12.5. The molecule has 0 aliphatic heterocycles. The lowest BCUT2D eigenvalue weighted by molar-refractivity contribution is -0.107. The molecule has 2 heteroatoms. The number of hydrogen-bond donors (Lipinski definition) is 0. The van der Waals surface area contributed by atoms with Crippen LogP contribution in [0.5, 0.6) is 0 Å². The first kappa shape index (κ1) is 13.7. The fraction of sp³-hybridized carbons (Fsp3) is 0.400. The van der Waals surface area contributed by atoms with Crippen LogP contribution in [-0.4, -0.2) is 12.4 Å². The van der Waals surface area contributed by atoms with Crippen molar-refractivity contribution in [1.82, 2.24) is 0 Å². The van der Waals surface area contributed by atoms with E-state index in [0.29, 0.717) is 13.0 Å². The Bertz CT molecular complexity index is 354. The second-order valence-electron chi connectivity index (χ2n) is 3.97. The zero-order valence-electron chi connectivity index (χ0n) is 10.6. The summed E-state index contributed by atoms with van der Waals surface area (Å²) in [6.07, 6.45) is 4.34. The second kappa shape index (κ2) is 7.80. The normalized spacial score (nSPS) is 13.4. The molecule has 0 aliphatic carbocycles. The highest BCUT2D eigenvalue weighted by molar-refractivity contribution is 5.52. The van der Waals surface area contributed by atoms with E-state index >= 15 is 0 Å². The van der Waals surface area contributed by atoms with Crippen molar-refractivity contribution >= 4 is 6.29 Å². The molecular weight excluding hydrogens is 212 g/mol. The fourth-order valence-electron chi connectivity index (χ4n) is 1.70. The molecule has 0 aliphatic rings. The van der Waals surface area contributed by atoms with Gasteiger partial charge in [0.25, 0.3) is 0 Å². The Morgan fingerprint density at radius 3 is 2.65 bits per heavy atom. The zero-order valence-corrected chi connectivity index (χ0v) is 10.6. The van der Waals surface area contributed by atoms with Crippen LogP contribution in [0.25, 0.3) is 0 Å². The first-order valence-corrected chi connectivity index (χ1v) is 6.06. The minimum Gasteiger partial charge on any atom is -0.369 e. The average Bonchev–Trinajstić information content (AvgIpc) is 2.38. The minimum atomic E-state index is 0.0696. The van der Waals surface area contributed by atoms with Gasteiger partial charge in [-0.3, -0.25) is 0 Å². The lowest BCUT2D eigenvalue weighted by Gasteiger charge is -2.15. The van der Waals surface area contributed by atoms with Gasteiger partial charge in [-0.05, 0) is 24.5 Å². The Morgan fingerprint density at radius 1 is 1.35 bits per heavy atom. The van der Waals surface area contributed by atoms with Gasteiger partial charge in [-0.25, -0.2) is 0 Å². The van der Waals surface area contributed by atoms with Gasteiger partial charge in [0, 0.05) is 6.42 Å². The predicted molar refractivity (Wildman–Crippen MR) is 69.7 cm³/mol. The summed E-state index contributed by atoms with van der Waals surface area (Å²) in [7, 11) is 0. The molecule has 1 atom stereocenters. The van der Waals surface area contributed by atoms with Crippen LogP contribution in [0.4, 0.5) is 0 Å². The van der Waals surface area contributed by atoms with Crippen molar-refractivity contribution in [1.29, 1.82) is 0 Å². The van der Waals surface area contributed by atoms with E-state index in [4.69, 9.17) is 4.74 Å². The fourth-order valence-corrected chi connectivity index (χ4v) is 1.70. The molecule has 0 aromatic heterocycles. The van der Waals surface area contributed by atoms with Crippen LogP contribution in [0.3, 0.4) is 0 Å². The molecule has 0 fully saturated rings. The molecule has 0 spiro atoms. The standard InChI is InChI=1S/C15H20O2/c1-3-15(10-7-11-16)13(2)17-12-14-8-5-4-6-9-14/h4-6,8-11,13H,3,7,12H2,1-2H3/b15-10+. The minimum absolute atomic E-state index is 0.0696. The van der Waals surface area contributed by atoms with Crippen molar-refractivity contribution in [2.75, 3.05) is 0 Å². The van der Waals surface area contributed by atoms with Gasteiger partial charge in [0.15, 0.2) is 0 Å².